The van der Waals surface area contributed by atoms with Gasteiger partial charge in [-0.05, 0) is 24.0 Å². The molecule has 0 aromatic heterocycles. The summed E-state index contributed by atoms with van der Waals surface area (Å²) < 4.78 is 5.36. The maximum Gasteiger partial charge on any atom is 0.379 e. The number of carbonyl (C=O) groups excluding carboxylic acids is 3. The molecule has 0 N–H and O–H groups in total. The highest BCUT2D eigenvalue weighted by atomic mass is 16.7. The van der Waals surface area contributed by atoms with Crippen molar-refractivity contribution in [3.8, 4) is 0 Å². The number of nitrogens with zero attached hydrogens (tertiary/aromatic N) is 2. The van der Waals surface area contributed by atoms with Crippen LogP contribution in [-0.4, -0.2) is 61.3 Å². The first-order chi connectivity index (χ1) is 15.0. The number of hydroxylamine groups is 4. The number of unbranched alkanes of at least 4 members (excludes halogenated alkanes) is 1. The third-order valence-electron chi connectivity index (χ3n) is 5.30. The minimum absolute atomic E-state index is 0.0346. The molecule has 1 aliphatic heterocycles. The fourth-order valence-electron chi connectivity index (χ4n) is 3.45. The van der Waals surface area contributed by atoms with Crippen LogP contribution in [0, 0.1) is 5.92 Å². The molecule has 2 atom stereocenters. The molecule has 0 saturated carbocycles. The number of benzene rings is 1. The van der Waals surface area contributed by atoms with Crippen molar-refractivity contribution in [3.05, 3.63) is 41.5 Å². The van der Waals surface area contributed by atoms with Crippen molar-refractivity contribution in [2.24, 2.45) is 5.92 Å². The zero-order chi connectivity index (χ0) is 22.8. The molecule has 1 aromatic rings. The van der Waals surface area contributed by atoms with Crippen LogP contribution in [0.4, 0.5) is 0 Å². The van der Waals surface area contributed by atoms with Gasteiger partial charge in [-0.1, -0.05) is 63.4 Å². The minimum atomic E-state index is -1.01. The van der Waals surface area contributed by atoms with Gasteiger partial charge in [0, 0.05) is 5.57 Å². The van der Waals surface area contributed by atoms with E-state index >= 15 is 0 Å². The van der Waals surface area contributed by atoms with Crippen molar-refractivity contribution in [1.29, 1.82) is 0 Å². The number of ketones is 1. The molecule has 1 saturated heterocycles. The van der Waals surface area contributed by atoms with Crippen molar-refractivity contribution in [1.82, 2.24) is 10.1 Å². The second-order valence-electron chi connectivity index (χ2n) is 7.39. The molecule has 8 heteroatoms. The smallest absolute Gasteiger partial charge is 0.379 e. The Labute approximate surface area is 183 Å². The van der Waals surface area contributed by atoms with E-state index in [4.69, 9.17) is 14.4 Å². The van der Waals surface area contributed by atoms with Crippen LogP contribution >= 0.6 is 0 Å². The maximum atomic E-state index is 13.2. The third kappa shape index (κ3) is 6.46. The maximum absolute atomic E-state index is 13.2. The number of ether oxygens (including phenoxy) is 1. The summed E-state index contributed by atoms with van der Waals surface area (Å²) in [5.74, 6) is -1.97. The fraction of sp³-hybridized carbons (Fsp3) is 0.522. The van der Waals surface area contributed by atoms with Gasteiger partial charge in [-0.15, -0.1) is 0 Å². The number of Topliss-reactive ketones (excluding diaryl/α,β-unsaturated/α-hetero) is 1. The lowest BCUT2D eigenvalue weighted by Crippen LogP contribution is -2.43. The topological polar surface area (TPSA) is 85.4 Å². The average Bonchev–Trinajstić information content (AvgIpc) is 3.12. The predicted molar refractivity (Wildman–Crippen MR) is 115 cm³/mol. The van der Waals surface area contributed by atoms with Crippen LogP contribution in [0.2, 0.25) is 0 Å². The summed E-state index contributed by atoms with van der Waals surface area (Å²) in [4.78, 5) is 48.6. The van der Waals surface area contributed by atoms with E-state index in [1.807, 2.05) is 25.1 Å². The summed E-state index contributed by atoms with van der Waals surface area (Å²) in [5, 5.41) is 2.32. The lowest BCUT2D eigenvalue weighted by atomic mass is 10.0. The Kier molecular flexibility index (Phi) is 9.84. The summed E-state index contributed by atoms with van der Waals surface area (Å²) in [6, 6.07) is 9.06. The van der Waals surface area contributed by atoms with Gasteiger partial charge >= 0.3 is 5.97 Å². The molecule has 1 heterocycles. The number of carbonyl (C=O) groups is 3. The van der Waals surface area contributed by atoms with Gasteiger partial charge in [0.15, 0.2) is 6.17 Å². The summed E-state index contributed by atoms with van der Waals surface area (Å²) >= 11 is 0. The summed E-state index contributed by atoms with van der Waals surface area (Å²) in [5.41, 5.74) is 0.729. The van der Waals surface area contributed by atoms with E-state index in [9.17, 15) is 14.4 Å². The summed E-state index contributed by atoms with van der Waals surface area (Å²) in [6.07, 6.45) is 4.44. The average molecular weight is 433 g/mol. The largest absolute Gasteiger partial charge is 0.459 e. The highest BCUT2D eigenvalue weighted by Gasteiger charge is 2.45. The van der Waals surface area contributed by atoms with Crippen molar-refractivity contribution >= 4 is 23.7 Å². The molecule has 0 bridgehead atoms. The standard InChI is InChI=1S/C23H32N2O6/c1-5-7-11-17(6-2)16-31-23(28)21(27)19(14-18-12-9-8-10-13-18)22-24(29-3)15-20(26)25(22)30-4/h8-10,12-14,17,22H,5-7,11,15-16H2,1-4H3. The number of hydrogen-bond acceptors (Lipinski definition) is 7. The van der Waals surface area contributed by atoms with Crippen LogP contribution in [0.5, 0.6) is 0 Å². The second-order valence-corrected chi connectivity index (χ2v) is 7.39. The Morgan fingerprint density at radius 3 is 2.45 bits per heavy atom. The van der Waals surface area contributed by atoms with Gasteiger partial charge in [-0.3, -0.25) is 19.3 Å². The van der Waals surface area contributed by atoms with E-state index in [1.165, 1.54) is 19.3 Å². The highest BCUT2D eigenvalue weighted by molar-refractivity contribution is 6.41. The van der Waals surface area contributed by atoms with Crippen molar-refractivity contribution in [3.63, 3.8) is 0 Å². The zero-order valence-corrected chi connectivity index (χ0v) is 18.7. The number of hydrogen-bond donors (Lipinski definition) is 0. The Balaban J connectivity index is 2.30. The van der Waals surface area contributed by atoms with E-state index in [0.29, 0.717) is 5.56 Å². The summed E-state index contributed by atoms with van der Waals surface area (Å²) in [6.45, 7) is 4.21. The van der Waals surface area contributed by atoms with Gasteiger partial charge in [-0.2, -0.15) is 10.1 Å². The first kappa shape index (κ1) is 24.7. The molecule has 31 heavy (non-hydrogen) atoms. The first-order valence-corrected chi connectivity index (χ1v) is 10.6. The van der Waals surface area contributed by atoms with Crippen LogP contribution < -0.4 is 0 Å². The molecule has 2 unspecified atom stereocenters. The molecule has 1 aliphatic rings. The van der Waals surface area contributed by atoms with Crippen LogP contribution in [0.1, 0.15) is 45.1 Å². The number of esters is 1. The third-order valence-corrected chi connectivity index (χ3v) is 5.30. The predicted octanol–water partition coefficient (Wildman–Crippen LogP) is 2.99. The van der Waals surface area contributed by atoms with Crippen LogP contribution in [0.25, 0.3) is 6.08 Å². The molecule has 2 rings (SSSR count). The highest BCUT2D eigenvalue weighted by Crippen LogP contribution is 2.26. The Morgan fingerprint density at radius 2 is 1.87 bits per heavy atom. The van der Waals surface area contributed by atoms with E-state index < -0.39 is 17.9 Å². The van der Waals surface area contributed by atoms with E-state index in [-0.39, 0.29) is 30.5 Å². The lowest BCUT2D eigenvalue weighted by molar-refractivity contribution is -0.214. The Hall–Kier alpha value is -2.55. The summed E-state index contributed by atoms with van der Waals surface area (Å²) in [7, 11) is 2.72. The molecule has 1 fully saturated rings. The van der Waals surface area contributed by atoms with Crippen LogP contribution in [0.3, 0.4) is 0 Å². The molecular formula is C23H32N2O6. The van der Waals surface area contributed by atoms with Gasteiger partial charge in [0.1, 0.15) is 6.54 Å². The quantitative estimate of drug-likeness (QED) is 0.285. The van der Waals surface area contributed by atoms with Crippen molar-refractivity contribution in [2.75, 3.05) is 27.4 Å². The molecule has 170 valence electrons. The molecule has 1 amide bonds. The first-order valence-electron chi connectivity index (χ1n) is 10.6. The molecule has 1 aromatic carbocycles. The molecule has 0 radical (unpaired) electrons. The van der Waals surface area contributed by atoms with Gasteiger partial charge in [0.05, 0.1) is 20.8 Å². The second kappa shape index (κ2) is 12.3. The Morgan fingerprint density at radius 1 is 1.16 bits per heavy atom. The Bertz CT molecular complexity index is 780. The van der Waals surface area contributed by atoms with Gasteiger partial charge in [0.2, 0.25) is 0 Å². The normalized spacial score (nSPS) is 18.3. The van der Waals surface area contributed by atoms with Crippen molar-refractivity contribution < 1.29 is 28.8 Å². The number of amides is 1. The number of rotatable bonds is 12. The molecule has 0 spiro atoms. The van der Waals surface area contributed by atoms with Crippen LogP contribution in [0.15, 0.2) is 35.9 Å². The van der Waals surface area contributed by atoms with Gasteiger partial charge in [0.25, 0.3) is 11.7 Å². The molecule has 8 nitrogen and oxygen atoms in total. The fourth-order valence-corrected chi connectivity index (χ4v) is 3.45. The SMILES string of the molecule is CCCCC(CC)COC(=O)C(=O)C(=Cc1ccccc1)C1N(OC)CC(=O)N1OC. The molecule has 0 aliphatic carbocycles. The monoisotopic (exact) mass is 432 g/mol. The zero-order valence-electron chi connectivity index (χ0n) is 18.7. The van der Waals surface area contributed by atoms with Crippen LogP contribution in [-0.2, 0) is 28.8 Å². The minimum Gasteiger partial charge on any atom is -0.459 e. The van der Waals surface area contributed by atoms with E-state index in [1.54, 1.807) is 18.2 Å². The lowest BCUT2D eigenvalue weighted by Gasteiger charge is -2.27. The van der Waals surface area contributed by atoms with E-state index in [2.05, 4.69) is 6.92 Å². The van der Waals surface area contributed by atoms with Crippen molar-refractivity contribution in [2.45, 2.75) is 45.7 Å². The van der Waals surface area contributed by atoms with Gasteiger partial charge < -0.3 is 4.74 Å². The van der Waals surface area contributed by atoms with E-state index in [0.717, 1.165) is 30.7 Å². The van der Waals surface area contributed by atoms with Gasteiger partial charge in [-0.25, -0.2) is 4.79 Å². The molecular weight excluding hydrogens is 400 g/mol.